The second-order valence-corrected chi connectivity index (χ2v) is 20.3. The molecule has 0 heterocycles. The van der Waals surface area contributed by atoms with Crippen molar-refractivity contribution in [2.45, 2.75) is 208 Å². The summed E-state index contributed by atoms with van der Waals surface area (Å²) >= 11 is 0. The zero-order valence-corrected chi connectivity index (χ0v) is 29.0. The van der Waals surface area contributed by atoms with Gasteiger partial charge in [0.1, 0.15) is 0 Å². The van der Waals surface area contributed by atoms with E-state index in [0.29, 0.717) is 0 Å². The Labute approximate surface area is 245 Å². The molecule has 0 atom stereocenters. The molecule has 0 nitrogen and oxygen atoms in total. The molecule has 38 heavy (non-hydrogen) atoms. The standard InChI is InChI=1S/C37H79P/c1-6-11-16-21-22-23-24-25-26-27-32-37-38(33-28-17-12-7-2,34-29-18-13-8-3,35-30-19-14-9-4)36-31-20-15-10-5/h6-37H2,1-5H3. The van der Waals surface area contributed by atoms with Gasteiger partial charge in [0.15, 0.2) is 0 Å². The zero-order chi connectivity index (χ0) is 28.1. The van der Waals surface area contributed by atoms with E-state index in [1.165, 1.54) is 141 Å². The molecule has 0 aromatic carbocycles. The molecule has 0 saturated carbocycles. The second kappa shape index (κ2) is 27.6. The fourth-order valence-electron chi connectivity index (χ4n) is 7.28. The van der Waals surface area contributed by atoms with Crippen molar-refractivity contribution in [1.29, 1.82) is 0 Å². The van der Waals surface area contributed by atoms with Gasteiger partial charge >= 0.3 is 238 Å². The summed E-state index contributed by atoms with van der Waals surface area (Å²) in [7, 11) is 0. The Kier molecular flexibility index (Phi) is 27.9. The number of hydrogen-bond donors (Lipinski definition) is 0. The molecule has 0 fully saturated rings. The molecule has 0 bridgehead atoms. The van der Waals surface area contributed by atoms with E-state index >= 15 is 0 Å². The van der Waals surface area contributed by atoms with E-state index in [9.17, 15) is 0 Å². The van der Waals surface area contributed by atoms with Gasteiger partial charge in [0.25, 0.3) is 0 Å². The van der Waals surface area contributed by atoms with E-state index in [-0.39, 0.29) is 0 Å². The molecule has 0 aromatic heterocycles. The van der Waals surface area contributed by atoms with Crippen molar-refractivity contribution in [2.24, 2.45) is 0 Å². The maximum atomic E-state index is 2.39. The molecule has 0 unspecified atom stereocenters. The predicted molar refractivity (Wildman–Crippen MR) is 184 cm³/mol. The molecule has 0 radical (unpaired) electrons. The minimum atomic E-state index is -1.64. The molecular formula is C37H79P. The van der Waals surface area contributed by atoms with Gasteiger partial charge in [0.05, 0.1) is 0 Å². The van der Waals surface area contributed by atoms with Gasteiger partial charge in [-0.2, -0.15) is 0 Å². The summed E-state index contributed by atoms with van der Waals surface area (Å²) in [4.78, 5) is 0. The van der Waals surface area contributed by atoms with Gasteiger partial charge < -0.3 is 0 Å². The van der Waals surface area contributed by atoms with E-state index in [1.54, 1.807) is 62.9 Å². The SMILES string of the molecule is CCCCCCCCCCCCCP(CCCCCC)(CCCCCC)(CCCCCC)CCCCCC. The van der Waals surface area contributed by atoms with Gasteiger partial charge in [0, 0.05) is 0 Å². The molecule has 0 rings (SSSR count). The van der Waals surface area contributed by atoms with Crippen LogP contribution in [0.4, 0.5) is 0 Å². The molecule has 0 spiro atoms. The summed E-state index contributed by atoms with van der Waals surface area (Å²) in [6.45, 7) is 10.3. The zero-order valence-electron chi connectivity index (χ0n) is 28.1. The molecule has 232 valence electrons. The van der Waals surface area contributed by atoms with E-state index in [4.69, 9.17) is 0 Å². The first-order valence-corrected chi connectivity index (χ1v) is 21.8. The normalized spacial score (nSPS) is 13.1. The molecule has 0 aliphatic rings. The summed E-state index contributed by atoms with van der Waals surface area (Å²) in [6.07, 6.45) is 48.4. The van der Waals surface area contributed by atoms with E-state index in [0.717, 1.165) is 0 Å². The minimum absolute atomic E-state index is 1.37. The Balaban J connectivity index is 5.28. The van der Waals surface area contributed by atoms with Gasteiger partial charge in [-0.25, -0.2) is 0 Å². The number of hydrogen-bond acceptors (Lipinski definition) is 0. The van der Waals surface area contributed by atoms with Crippen LogP contribution in [0, 0.1) is 0 Å². The average Bonchev–Trinajstić information content (AvgIpc) is 2.93. The van der Waals surface area contributed by atoms with Gasteiger partial charge in [-0.05, 0) is 0 Å². The fourth-order valence-corrected chi connectivity index (χ4v) is 15.1. The van der Waals surface area contributed by atoms with Crippen molar-refractivity contribution in [2.75, 3.05) is 30.8 Å². The average molecular weight is 555 g/mol. The van der Waals surface area contributed by atoms with Crippen LogP contribution < -0.4 is 0 Å². The summed E-state index contributed by atoms with van der Waals surface area (Å²) in [5.74, 6) is 0. The van der Waals surface area contributed by atoms with Crippen molar-refractivity contribution >= 4 is 6.60 Å². The van der Waals surface area contributed by atoms with Gasteiger partial charge in [0.2, 0.25) is 0 Å². The van der Waals surface area contributed by atoms with Crippen LogP contribution in [0.1, 0.15) is 208 Å². The van der Waals surface area contributed by atoms with Crippen LogP contribution in [0.2, 0.25) is 0 Å². The van der Waals surface area contributed by atoms with Gasteiger partial charge in [-0.3, -0.25) is 0 Å². The number of rotatable bonds is 32. The van der Waals surface area contributed by atoms with Crippen LogP contribution >= 0.6 is 6.60 Å². The van der Waals surface area contributed by atoms with Crippen molar-refractivity contribution in [3.05, 3.63) is 0 Å². The van der Waals surface area contributed by atoms with Crippen molar-refractivity contribution < 1.29 is 0 Å². The van der Waals surface area contributed by atoms with Gasteiger partial charge in [-0.15, -0.1) is 0 Å². The quantitative estimate of drug-likeness (QED) is 0.0573. The summed E-state index contributed by atoms with van der Waals surface area (Å²) in [6, 6.07) is 0. The third-order valence-electron chi connectivity index (χ3n) is 9.97. The predicted octanol–water partition coefficient (Wildman–Crippen LogP) is 14.2. The van der Waals surface area contributed by atoms with Crippen LogP contribution in [0.15, 0.2) is 0 Å². The Hall–Kier alpha value is 0.430. The molecular weight excluding hydrogens is 475 g/mol. The van der Waals surface area contributed by atoms with Crippen LogP contribution in [-0.2, 0) is 0 Å². The van der Waals surface area contributed by atoms with E-state index < -0.39 is 6.60 Å². The van der Waals surface area contributed by atoms with Gasteiger partial charge in [-0.1, -0.05) is 6.92 Å². The third-order valence-corrected chi connectivity index (χ3v) is 17.9. The monoisotopic (exact) mass is 555 g/mol. The summed E-state index contributed by atoms with van der Waals surface area (Å²) in [5, 5.41) is 0. The molecule has 0 aromatic rings. The van der Waals surface area contributed by atoms with E-state index in [2.05, 4.69) is 34.6 Å². The van der Waals surface area contributed by atoms with E-state index in [1.807, 2.05) is 0 Å². The van der Waals surface area contributed by atoms with Crippen molar-refractivity contribution in [3.63, 3.8) is 0 Å². The Morgan fingerprint density at radius 3 is 0.579 bits per heavy atom. The summed E-state index contributed by atoms with van der Waals surface area (Å²) in [5.41, 5.74) is 0. The topological polar surface area (TPSA) is 0 Å². The first-order valence-electron chi connectivity index (χ1n) is 18.6. The van der Waals surface area contributed by atoms with Crippen molar-refractivity contribution in [3.8, 4) is 0 Å². The van der Waals surface area contributed by atoms with Crippen LogP contribution in [-0.4, -0.2) is 30.8 Å². The molecule has 0 N–H and O–H groups in total. The third kappa shape index (κ3) is 20.3. The first-order chi connectivity index (χ1) is 18.6. The fraction of sp³-hybridized carbons (Fsp3) is 1.00. The molecule has 0 saturated heterocycles. The van der Waals surface area contributed by atoms with Crippen LogP contribution in [0.25, 0.3) is 0 Å². The molecule has 0 amide bonds. The Morgan fingerprint density at radius 2 is 0.368 bits per heavy atom. The first kappa shape index (κ1) is 38.4. The molecule has 1 heteroatoms. The Morgan fingerprint density at radius 1 is 0.211 bits per heavy atom. The molecule has 0 aliphatic heterocycles. The van der Waals surface area contributed by atoms with Crippen LogP contribution in [0.3, 0.4) is 0 Å². The maximum absolute atomic E-state index is 2.39. The Bertz CT molecular complexity index is 396. The second-order valence-electron chi connectivity index (χ2n) is 13.6. The summed E-state index contributed by atoms with van der Waals surface area (Å²) < 4.78 is 0. The molecule has 0 aliphatic carbocycles. The van der Waals surface area contributed by atoms with Crippen LogP contribution in [0.5, 0.6) is 0 Å². The van der Waals surface area contributed by atoms with Crippen molar-refractivity contribution in [1.82, 2.24) is 0 Å². The number of unbranched alkanes of at least 4 members (excludes halogenated alkanes) is 22.